The van der Waals surface area contributed by atoms with Gasteiger partial charge in [-0.2, -0.15) is 22.7 Å². The van der Waals surface area contributed by atoms with E-state index in [0.717, 1.165) is 19.4 Å². The maximum absolute atomic E-state index is 13.3. The van der Waals surface area contributed by atoms with Gasteiger partial charge in [-0.1, -0.05) is 11.2 Å². The first-order valence-corrected chi connectivity index (χ1v) is 14.7. The number of nitrogens with zero attached hydrogens (tertiary/aromatic N) is 4. The van der Waals surface area contributed by atoms with Crippen LogP contribution in [0.3, 0.4) is 0 Å². The van der Waals surface area contributed by atoms with Crippen LogP contribution < -0.4 is 16.0 Å². The van der Waals surface area contributed by atoms with E-state index in [9.17, 15) is 26.4 Å². The number of aliphatic carboxylic acids is 1. The van der Waals surface area contributed by atoms with Gasteiger partial charge in [0.05, 0.1) is 35.6 Å². The van der Waals surface area contributed by atoms with Crippen molar-refractivity contribution in [3.05, 3.63) is 48.0 Å². The van der Waals surface area contributed by atoms with Crippen LogP contribution in [0, 0.1) is 0 Å². The molecule has 2 fully saturated rings. The molecule has 0 aliphatic carbocycles. The molecule has 2 aliphatic rings. The Balaban J connectivity index is 0.000000566. The number of ether oxygens (including phenoxy) is 2. The fraction of sp³-hybridized carbons (Fsp3) is 0.400. The van der Waals surface area contributed by atoms with Gasteiger partial charge in [0.15, 0.2) is 0 Å². The van der Waals surface area contributed by atoms with Gasteiger partial charge < -0.3 is 30.5 Å². The third-order valence-corrected chi connectivity index (χ3v) is 8.25. The molecule has 0 radical (unpaired) electrons. The Morgan fingerprint density at radius 3 is 2.48 bits per heavy atom. The van der Waals surface area contributed by atoms with Gasteiger partial charge in [0.2, 0.25) is 10.0 Å². The number of carbonyl (C=O) groups is 2. The van der Waals surface area contributed by atoms with Crippen LogP contribution in [0.15, 0.2) is 47.4 Å². The number of carboxylic acid groups (broad SMARTS) is 1. The molecule has 44 heavy (non-hydrogen) atoms. The summed E-state index contributed by atoms with van der Waals surface area (Å²) in [6.07, 6.45) is -3.08. The number of aromatic amines is 1. The molecule has 5 N–H and O–H groups in total. The zero-order chi connectivity index (χ0) is 31.7. The van der Waals surface area contributed by atoms with Crippen molar-refractivity contribution in [2.75, 3.05) is 55.4 Å². The largest absolute Gasteiger partial charge is 0.490 e. The van der Waals surface area contributed by atoms with Gasteiger partial charge in [0.25, 0.3) is 11.9 Å². The van der Waals surface area contributed by atoms with Crippen LogP contribution in [0.25, 0.3) is 0 Å². The summed E-state index contributed by atoms with van der Waals surface area (Å²) in [6, 6.07) is 11.5. The number of amides is 1. The van der Waals surface area contributed by atoms with Gasteiger partial charge in [-0.3, -0.25) is 4.79 Å². The highest BCUT2D eigenvalue weighted by Crippen LogP contribution is 2.29. The van der Waals surface area contributed by atoms with E-state index >= 15 is 0 Å². The van der Waals surface area contributed by atoms with Crippen LogP contribution in [-0.2, 0) is 24.3 Å². The Labute approximate surface area is 249 Å². The van der Waals surface area contributed by atoms with Gasteiger partial charge >= 0.3 is 12.1 Å². The third-order valence-electron chi connectivity index (χ3n) is 6.36. The average Bonchev–Trinajstić information content (AvgIpc) is 3.72. The lowest BCUT2D eigenvalue weighted by atomic mass is 10.1. The summed E-state index contributed by atoms with van der Waals surface area (Å²) in [5.41, 5.74) is 1.91. The van der Waals surface area contributed by atoms with Gasteiger partial charge in [0.1, 0.15) is 0 Å². The van der Waals surface area contributed by atoms with Crippen LogP contribution >= 0.6 is 0 Å². The highest BCUT2D eigenvalue weighted by atomic mass is 32.2. The topological polar surface area (TPSA) is 201 Å². The average molecular weight is 643 g/mol. The number of H-pyrrole nitrogens is 1. The molecule has 3 heterocycles. The highest BCUT2D eigenvalue weighted by molar-refractivity contribution is 7.89. The van der Waals surface area contributed by atoms with E-state index < -0.39 is 28.1 Å². The van der Waals surface area contributed by atoms with Crippen LogP contribution in [0.4, 0.5) is 36.2 Å². The molecule has 5 rings (SSSR count). The molecule has 0 bridgehead atoms. The van der Waals surface area contributed by atoms with Crippen LogP contribution in [0.5, 0.6) is 0 Å². The summed E-state index contributed by atoms with van der Waals surface area (Å²) < 4.78 is 70.6. The molecular weight excluding hydrogens is 613 g/mol. The number of carbonyl (C=O) groups excluding carboxylic acids is 1. The molecule has 19 heteroatoms. The molecule has 2 saturated heterocycles. The Hall–Kier alpha value is -4.33. The number of hydrogen-bond acceptors (Lipinski definition) is 11. The summed E-state index contributed by atoms with van der Waals surface area (Å²) in [7, 11) is -3.75. The zero-order valence-corrected chi connectivity index (χ0v) is 23.8. The van der Waals surface area contributed by atoms with E-state index in [1.54, 1.807) is 36.4 Å². The maximum Gasteiger partial charge on any atom is 0.490 e. The molecule has 1 aromatic heterocycles. The number of rotatable bonds is 9. The van der Waals surface area contributed by atoms with Crippen molar-refractivity contribution in [2.45, 2.75) is 30.0 Å². The summed E-state index contributed by atoms with van der Waals surface area (Å²) >= 11 is 0. The number of anilines is 4. The van der Waals surface area contributed by atoms with Gasteiger partial charge in [0, 0.05) is 37.5 Å². The number of tetrazole rings is 1. The van der Waals surface area contributed by atoms with Crippen molar-refractivity contribution >= 4 is 44.9 Å². The molecule has 1 unspecified atom stereocenters. The number of benzene rings is 2. The second kappa shape index (κ2) is 14.4. The van der Waals surface area contributed by atoms with Gasteiger partial charge in [-0.15, -0.1) is 5.10 Å². The van der Waals surface area contributed by atoms with Crippen LogP contribution in [0.2, 0.25) is 0 Å². The van der Waals surface area contributed by atoms with E-state index in [1.165, 1.54) is 10.4 Å². The Morgan fingerprint density at radius 2 is 1.84 bits per heavy atom. The van der Waals surface area contributed by atoms with Crippen molar-refractivity contribution in [3.8, 4) is 0 Å². The predicted molar refractivity (Wildman–Crippen MR) is 149 cm³/mol. The minimum Gasteiger partial charge on any atom is -0.475 e. The number of nitrogens with one attached hydrogen (secondary N) is 4. The minimum atomic E-state index is -5.08. The zero-order valence-electron chi connectivity index (χ0n) is 23.0. The third kappa shape index (κ3) is 8.85. The molecule has 238 valence electrons. The lowest BCUT2D eigenvalue weighted by Gasteiger charge is -2.26. The molecule has 15 nitrogen and oxygen atoms in total. The Kier molecular flexibility index (Phi) is 10.7. The molecule has 1 atom stereocenters. The summed E-state index contributed by atoms with van der Waals surface area (Å²) in [5, 5.41) is 29.8. The van der Waals surface area contributed by atoms with Gasteiger partial charge in [-0.05, 0) is 54.5 Å². The van der Waals surface area contributed by atoms with Crippen LogP contribution in [0.1, 0.15) is 23.2 Å². The van der Waals surface area contributed by atoms with Gasteiger partial charge in [-0.25, -0.2) is 13.2 Å². The SMILES string of the molecule is O=C(Nc1cc(S(=O)(=O)N2CCOCC2)ccc1NCC1CCCO1)c1cccc(Nc2nn[nH]n2)c1.O=C(O)C(F)(F)F. The number of sulfonamides is 1. The molecule has 0 saturated carbocycles. The first-order valence-electron chi connectivity index (χ1n) is 13.2. The molecule has 3 aromatic rings. The summed E-state index contributed by atoms with van der Waals surface area (Å²) in [6.45, 7) is 2.52. The van der Waals surface area contributed by atoms with E-state index in [-0.39, 0.29) is 30.0 Å². The first-order chi connectivity index (χ1) is 20.9. The first kappa shape index (κ1) is 32.6. The number of morpholine rings is 1. The molecule has 2 aliphatic heterocycles. The summed E-state index contributed by atoms with van der Waals surface area (Å²) in [5.74, 6) is -2.90. The number of hydrogen-bond donors (Lipinski definition) is 5. The second-order valence-electron chi connectivity index (χ2n) is 9.44. The number of aromatic nitrogens is 4. The minimum absolute atomic E-state index is 0.0632. The van der Waals surface area contributed by atoms with E-state index in [0.29, 0.717) is 42.4 Å². The van der Waals surface area contributed by atoms with E-state index in [2.05, 4.69) is 36.6 Å². The number of alkyl halides is 3. The molecule has 2 aromatic carbocycles. The fourth-order valence-corrected chi connectivity index (χ4v) is 5.62. The molecule has 0 spiro atoms. The van der Waals surface area contributed by atoms with Crippen molar-refractivity contribution in [1.29, 1.82) is 0 Å². The van der Waals surface area contributed by atoms with Crippen molar-refractivity contribution < 1.29 is 45.8 Å². The number of carboxylic acids is 1. The molecular formula is C25H29F3N8O7S. The Morgan fingerprint density at radius 1 is 1.09 bits per heavy atom. The second-order valence-corrected chi connectivity index (χ2v) is 11.4. The van der Waals surface area contributed by atoms with Crippen LogP contribution in [-0.4, -0.2) is 102 Å². The van der Waals surface area contributed by atoms with Crippen molar-refractivity contribution in [2.24, 2.45) is 0 Å². The van der Waals surface area contributed by atoms with Crippen molar-refractivity contribution in [1.82, 2.24) is 24.9 Å². The summed E-state index contributed by atoms with van der Waals surface area (Å²) in [4.78, 5) is 22.2. The smallest absolute Gasteiger partial charge is 0.475 e. The molecule has 1 amide bonds. The monoisotopic (exact) mass is 642 g/mol. The van der Waals surface area contributed by atoms with E-state index in [4.69, 9.17) is 19.4 Å². The normalized spacial score (nSPS) is 17.3. The lowest BCUT2D eigenvalue weighted by Crippen LogP contribution is -2.40. The Bertz CT molecular complexity index is 1530. The highest BCUT2D eigenvalue weighted by Gasteiger charge is 2.38. The standard InChI is InChI=1S/C23H28N8O5S.C2HF3O2/c32-22(16-3-1-4-17(13-16)25-23-27-29-30-28-23)26-21-14-19(37(33,34)31-8-11-35-12-9-31)6-7-20(21)24-15-18-5-2-10-36-18;3-2(4,5)1(6)7/h1,3-4,6-7,13-14,18,24H,2,5,8-12,15H2,(H,26,32)(H2,25,27,28,29,30);(H,6,7). The van der Waals surface area contributed by atoms with E-state index in [1.807, 2.05) is 0 Å². The predicted octanol–water partition coefficient (Wildman–Crippen LogP) is 2.44. The maximum atomic E-state index is 13.3. The fourth-order valence-electron chi connectivity index (χ4n) is 4.18. The number of halogens is 3. The van der Waals surface area contributed by atoms with Crippen molar-refractivity contribution in [3.63, 3.8) is 0 Å². The quantitative estimate of drug-likeness (QED) is 0.229. The lowest BCUT2D eigenvalue weighted by molar-refractivity contribution is -0.192.